The number of hydrogen-bond donors (Lipinski definition) is 2. The Morgan fingerprint density at radius 3 is 3.00 bits per heavy atom. The fourth-order valence-electron chi connectivity index (χ4n) is 2.18. The number of hydrogen-bond acceptors (Lipinski definition) is 4. The van der Waals surface area contributed by atoms with E-state index in [1.54, 1.807) is 11.8 Å². The largest absolute Gasteiger partial charge is 0.385 e. The first-order valence-electron chi connectivity index (χ1n) is 7.02. The summed E-state index contributed by atoms with van der Waals surface area (Å²) in [5.74, 6) is 0.804. The van der Waals surface area contributed by atoms with Crippen molar-refractivity contribution < 1.29 is 0 Å². The van der Waals surface area contributed by atoms with Gasteiger partial charge in [-0.25, -0.2) is 4.98 Å². The number of thioether (sulfide) groups is 1. The van der Waals surface area contributed by atoms with Crippen LogP contribution < -0.4 is 5.32 Å². The number of rotatable bonds is 5. The van der Waals surface area contributed by atoms with Crippen molar-refractivity contribution in [2.45, 2.75) is 24.8 Å². The van der Waals surface area contributed by atoms with Crippen molar-refractivity contribution in [1.82, 2.24) is 15.0 Å². The van der Waals surface area contributed by atoms with Crippen LogP contribution in [0.2, 0.25) is 0 Å². The molecule has 3 rings (SSSR count). The number of anilines is 1. The van der Waals surface area contributed by atoms with E-state index in [1.807, 2.05) is 12.3 Å². The summed E-state index contributed by atoms with van der Waals surface area (Å²) in [5, 5.41) is 4.24. The van der Waals surface area contributed by atoms with Crippen LogP contribution in [0.3, 0.4) is 0 Å². The number of nitrogens with one attached hydrogen (secondary N) is 2. The SMILES string of the molecule is CCNc1ccnc(CSc2nc3ccc(C)cc3[nH]2)c1. The van der Waals surface area contributed by atoms with E-state index < -0.39 is 0 Å². The normalized spacial score (nSPS) is 11.0. The van der Waals surface area contributed by atoms with Crippen molar-refractivity contribution in [2.75, 3.05) is 11.9 Å². The molecule has 21 heavy (non-hydrogen) atoms. The van der Waals surface area contributed by atoms with Crippen molar-refractivity contribution in [3.63, 3.8) is 0 Å². The van der Waals surface area contributed by atoms with E-state index in [0.29, 0.717) is 0 Å². The second-order valence-corrected chi connectivity index (χ2v) is 5.88. The topological polar surface area (TPSA) is 53.6 Å². The monoisotopic (exact) mass is 298 g/mol. The summed E-state index contributed by atoms with van der Waals surface area (Å²) in [7, 11) is 0. The van der Waals surface area contributed by atoms with Crippen molar-refractivity contribution in [1.29, 1.82) is 0 Å². The molecule has 4 nitrogen and oxygen atoms in total. The number of aryl methyl sites for hydroxylation is 1. The van der Waals surface area contributed by atoms with Gasteiger partial charge in [-0.2, -0.15) is 0 Å². The Labute approximate surface area is 128 Å². The fraction of sp³-hybridized carbons (Fsp3) is 0.250. The number of imidazole rings is 1. The van der Waals surface area contributed by atoms with Gasteiger partial charge in [-0.15, -0.1) is 0 Å². The number of benzene rings is 1. The smallest absolute Gasteiger partial charge is 0.166 e. The first kappa shape index (κ1) is 13.9. The summed E-state index contributed by atoms with van der Waals surface area (Å²) in [5.41, 5.74) is 5.51. The summed E-state index contributed by atoms with van der Waals surface area (Å²) in [6.07, 6.45) is 1.84. The number of H-pyrrole nitrogens is 1. The zero-order valence-electron chi connectivity index (χ0n) is 12.2. The van der Waals surface area contributed by atoms with Gasteiger partial charge in [0, 0.05) is 24.2 Å². The second-order valence-electron chi connectivity index (χ2n) is 4.92. The van der Waals surface area contributed by atoms with Crippen LogP contribution in [0.1, 0.15) is 18.2 Å². The molecule has 2 N–H and O–H groups in total. The average molecular weight is 298 g/mol. The Bertz CT molecular complexity index is 751. The number of fused-ring (bicyclic) bond motifs is 1. The Balaban J connectivity index is 1.72. The van der Waals surface area contributed by atoms with Crippen molar-refractivity contribution in [3.05, 3.63) is 47.8 Å². The van der Waals surface area contributed by atoms with Gasteiger partial charge < -0.3 is 10.3 Å². The minimum atomic E-state index is 0.804. The lowest BCUT2D eigenvalue weighted by molar-refractivity contribution is 1.07. The van der Waals surface area contributed by atoms with Crippen LogP contribution in [0.5, 0.6) is 0 Å². The maximum atomic E-state index is 4.59. The third-order valence-corrected chi connectivity index (χ3v) is 4.08. The first-order chi connectivity index (χ1) is 10.2. The predicted molar refractivity (Wildman–Crippen MR) is 88.8 cm³/mol. The molecule has 0 unspecified atom stereocenters. The summed E-state index contributed by atoms with van der Waals surface area (Å²) < 4.78 is 0. The molecule has 0 atom stereocenters. The molecule has 3 aromatic rings. The maximum Gasteiger partial charge on any atom is 0.166 e. The van der Waals surface area contributed by atoms with Crippen LogP contribution in [0.4, 0.5) is 5.69 Å². The molecule has 5 heteroatoms. The van der Waals surface area contributed by atoms with Crippen LogP contribution in [0.15, 0.2) is 41.7 Å². The third-order valence-electron chi connectivity index (χ3n) is 3.17. The minimum absolute atomic E-state index is 0.804. The first-order valence-corrected chi connectivity index (χ1v) is 8.01. The van der Waals surface area contributed by atoms with Gasteiger partial charge in [0.25, 0.3) is 0 Å². The van der Waals surface area contributed by atoms with Gasteiger partial charge in [-0.05, 0) is 43.7 Å². The Kier molecular flexibility index (Phi) is 4.10. The zero-order chi connectivity index (χ0) is 14.7. The molecule has 108 valence electrons. The molecule has 0 aliphatic rings. The highest BCUT2D eigenvalue weighted by Crippen LogP contribution is 2.23. The maximum absolute atomic E-state index is 4.59. The lowest BCUT2D eigenvalue weighted by Gasteiger charge is -2.04. The standard InChI is InChI=1S/C16H18N4S/c1-3-17-12-6-7-18-13(9-12)10-21-16-19-14-5-4-11(2)8-15(14)20-16/h4-9H,3,10H2,1-2H3,(H,17,18)(H,19,20). The molecular formula is C16H18N4S. The predicted octanol–water partition coefficient (Wildman–Crippen LogP) is 3.99. The van der Waals surface area contributed by atoms with E-state index in [1.165, 1.54) is 5.56 Å². The summed E-state index contributed by atoms with van der Waals surface area (Å²) in [6, 6.07) is 10.3. The van der Waals surface area contributed by atoms with Gasteiger partial charge in [0.2, 0.25) is 0 Å². The highest BCUT2D eigenvalue weighted by molar-refractivity contribution is 7.98. The highest BCUT2D eigenvalue weighted by atomic mass is 32.2. The van der Waals surface area contributed by atoms with E-state index in [0.717, 1.165) is 39.9 Å². The number of aromatic nitrogens is 3. The van der Waals surface area contributed by atoms with Crippen LogP contribution in [0.25, 0.3) is 11.0 Å². The molecule has 0 fully saturated rings. The lowest BCUT2D eigenvalue weighted by atomic mass is 10.2. The van der Waals surface area contributed by atoms with Gasteiger partial charge in [-0.3, -0.25) is 4.98 Å². The lowest BCUT2D eigenvalue weighted by Crippen LogP contribution is -1.97. The third kappa shape index (κ3) is 3.36. The van der Waals surface area contributed by atoms with Crippen molar-refractivity contribution >= 4 is 28.5 Å². The van der Waals surface area contributed by atoms with Gasteiger partial charge in [0.15, 0.2) is 5.16 Å². The minimum Gasteiger partial charge on any atom is -0.385 e. The van der Waals surface area contributed by atoms with Crippen molar-refractivity contribution in [2.24, 2.45) is 0 Å². The van der Waals surface area contributed by atoms with Crippen molar-refractivity contribution in [3.8, 4) is 0 Å². The molecule has 0 spiro atoms. The molecule has 1 aromatic carbocycles. The molecule has 0 radical (unpaired) electrons. The molecule has 0 amide bonds. The molecule has 0 aliphatic heterocycles. The second kappa shape index (κ2) is 6.18. The number of pyridine rings is 1. The molecule has 2 aromatic heterocycles. The van der Waals surface area contributed by atoms with Gasteiger partial charge in [-0.1, -0.05) is 17.8 Å². The van der Waals surface area contributed by atoms with E-state index >= 15 is 0 Å². The van der Waals surface area contributed by atoms with Gasteiger partial charge in [0.1, 0.15) is 0 Å². The summed E-state index contributed by atoms with van der Waals surface area (Å²) >= 11 is 1.67. The number of nitrogens with zero attached hydrogens (tertiary/aromatic N) is 2. The van der Waals surface area contributed by atoms with Crippen LogP contribution in [0, 0.1) is 6.92 Å². The Morgan fingerprint density at radius 2 is 2.14 bits per heavy atom. The molecular weight excluding hydrogens is 280 g/mol. The zero-order valence-corrected chi connectivity index (χ0v) is 13.0. The van der Waals surface area contributed by atoms with Crippen LogP contribution in [-0.2, 0) is 5.75 Å². The Morgan fingerprint density at radius 1 is 1.24 bits per heavy atom. The molecule has 0 bridgehead atoms. The van der Waals surface area contributed by atoms with E-state index in [-0.39, 0.29) is 0 Å². The van der Waals surface area contributed by atoms with Crippen LogP contribution >= 0.6 is 11.8 Å². The average Bonchev–Trinajstić information content (AvgIpc) is 2.88. The fourth-order valence-corrected chi connectivity index (χ4v) is 2.97. The number of aromatic amines is 1. The van der Waals surface area contributed by atoms with Crippen LogP contribution in [-0.4, -0.2) is 21.5 Å². The van der Waals surface area contributed by atoms with Gasteiger partial charge in [0.05, 0.1) is 16.7 Å². The molecule has 2 heterocycles. The molecule has 0 aliphatic carbocycles. The van der Waals surface area contributed by atoms with E-state index in [9.17, 15) is 0 Å². The quantitative estimate of drug-likeness (QED) is 0.699. The highest BCUT2D eigenvalue weighted by Gasteiger charge is 2.05. The Hall–Kier alpha value is -2.01. The summed E-state index contributed by atoms with van der Waals surface area (Å²) in [4.78, 5) is 12.3. The van der Waals surface area contributed by atoms with E-state index in [4.69, 9.17) is 0 Å². The summed E-state index contributed by atoms with van der Waals surface area (Å²) in [6.45, 7) is 5.09. The van der Waals surface area contributed by atoms with E-state index in [2.05, 4.69) is 58.4 Å². The van der Waals surface area contributed by atoms with Gasteiger partial charge >= 0.3 is 0 Å². The molecule has 0 saturated heterocycles. The molecule has 0 saturated carbocycles.